The van der Waals surface area contributed by atoms with Gasteiger partial charge >= 0.3 is 0 Å². The van der Waals surface area contributed by atoms with Gasteiger partial charge in [-0.3, -0.25) is 9.59 Å². The SMILES string of the molecule is COc1ccc(CN(CCC(=O)Nc2ccccc2C(C)C)C(C)=O)cc1. The minimum atomic E-state index is -0.0934. The number of methoxy groups -OCH3 is 1. The molecule has 0 fully saturated rings. The Morgan fingerprint density at radius 1 is 1.07 bits per heavy atom. The van der Waals surface area contributed by atoms with E-state index < -0.39 is 0 Å². The minimum Gasteiger partial charge on any atom is -0.497 e. The first-order valence-corrected chi connectivity index (χ1v) is 9.18. The zero-order valence-electron chi connectivity index (χ0n) is 16.5. The molecule has 2 rings (SSSR count). The van der Waals surface area contributed by atoms with Crippen LogP contribution in [0.3, 0.4) is 0 Å². The lowest BCUT2D eigenvalue weighted by molar-refractivity contribution is -0.129. The summed E-state index contributed by atoms with van der Waals surface area (Å²) in [4.78, 5) is 26.0. The summed E-state index contributed by atoms with van der Waals surface area (Å²) in [6.07, 6.45) is 0.252. The molecule has 0 unspecified atom stereocenters. The lowest BCUT2D eigenvalue weighted by Crippen LogP contribution is -2.31. The highest BCUT2D eigenvalue weighted by molar-refractivity contribution is 5.92. The van der Waals surface area contributed by atoms with Crippen LogP contribution in [-0.2, 0) is 16.1 Å². The molecule has 2 amide bonds. The van der Waals surface area contributed by atoms with Crippen molar-refractivity contribution < 1.29 is 14.3 Å². The number of amides is 2. The van der Waals surface area contributed by atoms with Crippen LogP contribution in [0, 0.1) is 0 Å². The summed E-state index contributed by atoms with van der Waals surface area (Å²) in [6.45, 7) is 6.55. The molecule has 0 aliphatic heterocycles. The first-order chi connectivity index (χ1) is 12.9. The van der Waals surface area contributed by atoms with Gasteiger partial charge in [-0.2, -0.15) is 0 Å². The molecular formula is C22H28N2O3. The van der Waals surface area contributed by atoms with Crippen LogP contribution in [-0.4, -0.2) is 30.4 Å². The van der Waals surface area contributed by atoms with Crippen LogP contribution in [0.15, 0.2) is 48.5 Å². The second-order valence-corrected chi connectivity index (χ2v) is 6.83. The van der Waals surface area contributed by atoms with Crippen LogP contribution in [0.25, 0.3) is 0 Å². The molecule has 0 atom stereocenters. The number of hydrogen-bond acceptors (Lipinski definition) is 3. The van der Waals surface area contributed by atoms with Crippen molar-refractivity contribution in [2.45, 2.75) is 39.7 Å². The summed E-state index contributed by atoms with van der Waals surface area (Å²) in [7, 11) is 1.62. The molecule has 0 saturated heterocycles. The third-order valence-corrected chi connectivity index (χ3v) is 4.44. The molecule has 0 aromatic heterocycles. The van der Waals surface area contributed by atoms with E-state index in [0.717, 1.165) is 22.6 Å². The van der Waals surface area contributed by atoms with Crippen LogP contribution < -0.4 is 10.1 Å². The van der Waals surface area contributed by atoms with E-state index in [4.69, 9.17) is 4.74 Å². The molecule has 0 radical (unpaired) electrons. The van der Waals surface area contributed by atoms with Crippen molar-refractivity contribution in [1.82, 2.24) is 4.90 Å². The number of ether oxygens (including phenoxy) is 1. The second kappa shape index (κ2) is 9.76. The molecule has 0 aliphatic rings. The van der Waals surface area contributed by atoms with Gasteiger partial charge in [0.2, 0.25) is 11.8 Å². The lowest BCUT2D eigenvalue weighted by Gasteiger charge is -2.21. The van der Waals surface area contributed by atoms with Crippen molar-refractivity contribution in [2.75, 3.05) is 19.0 Å². The third-order valence-electron chi connectivity index (χ3n) is 4.44. The number of nitrogens with one attached hydrogen (secondary N) is 1. The van der Waals surface area contributed by atoms with Crippen molar-refractivity contribution in [1.29, 1.82) is 0 Å². The topological polar surface area (TPSA) is 58.6 Å². The van der Waals surface area contributed by atoms with Crippen LogP contribution in [0.4, 0.5) is 5.69 Å². The summed E-state index contributed by atoms with van der Waals surface area (Å²) >= 11 is 0. The number of benzene rings is 2. The average Bonchev–Trinajstić information content (AvgIpc) is 2.65. The molecule has 0 aliphatic carbocycles. The highest BCUT2D eigenvalue weighted by Crippen LogP contribution is 2.23. The Labute approximate surface area is 161 Å². The van der Waals surface area contributed by atoms with Crippen LogP contribution in [0.1, 0.15) is 44.2 Å². The molecule has 1 N–H and O–H groups in total. The number of rotatable bonds is 8. The summed E-state index contributed by atoms with van der Waals surface area (Å²) in [5.41, 5.74) is 2.94. The van der Waals surface area contributed by atoms with Crippen molar-refractivity contribution in [3.05, 3.63) is 59.7 Å². The van der Waals surface area contributed by atoms with Gasteiger partial charge in [0.1, 0.15) is 5.75 Å². The van der Waals surface area contributed by atoms with Crippen LogP contribution in [0.5, 0.6) is 5.75 Å². The molecule has 2 aromatic rings. The van der Waals surface area contributed by atoms with E-state index in [0.29, 0.717) is 19.0 Å². The quantitative estimate of drug-likeness (QED) is 0.760. The zero-order chi connectivity index (χ0) is 19.8. The predicted molar refractivity (Wildman–Crippen MR) is 108 cm³/mol. The minimum absolute atomic E-state index is 0.0544. The van der Waals surface area contributed by atoms with Gasteiger partial charge in [0.15, 0.2) is 0 Å². The van der Waals surface area contributed by atoms with Gasteiger partial charge in [-0.05, 0) is 35.2 Å². The zero-order valence-corrected chi connectivity index (χ0v) is 16.5. The normalized spacial score (nSPS) is 10.6. The van der Waals surface area contributed by atoms with Crippen molar-refractivity contribution >= 4 is 17.5 Å². The smallest absolute Gasteiger partial charge is 0.226 e. The Balaban J connectivity index is 1.95. The molecule has 0 spiro atoms. The maximum Gasteiger partial charge on any atom is 0.226 e. The van der Waals surface area contributed by atoms with Crippen molar-refractivity contribution in [3.8, 4) is 5.75 Å². The van der Waals surface area contributed by atoms with Crippen LogP contribution >= 0.6 is 0 Å². The predicted octanol–water partition coefficient (Wildman–Crippen LogP) is 4.20. The van der Waals surface area contributed by atoms with E-state index in [1.807, 2.05) is 48.5 Å². The molecule has 5 heteroatoms. The van der Waals surface area contributed by atoms with Gasteiger partial charge in [0, 0.05) is 32.1 Å². The van der Waals surface area contributed by atoms with Gasteiger partial charge in [0.25, 0.3) is 0 Å². The summed E-state index contributed by atoms with van der Waals surface area (Å²) < 4.78 is 5.15. The van der Waals surface area contributed by atoms with Crippen LogP contribution in [0.2, 0.25) is 0 Å². The van der Waals surface area contributed by atoms with E-state index in [9.17, 15) is 9.59 Å². The van der Waals surface area contributed by atoms with Gasteiger partial charge < -0.3 is 15.0 Å². The Morgan fingerprint density at radius 3 is 2.33 bits per heavy atom. The number of anilines is 1. The first-order valence-electron chi connectivity index (χ1n) is 9.18. The van der Waals surface area contributed by atoms with Crippen molar-refractivity contribution in [2.24, 2.45) is 0 Å². The lowest BCUT2D eigenvalue weighted by atomic mass is 10.0. The van der Waals surface area contributed by atoms with Crippen molar-refractivity contribution in [3.63, 3.8) is 0 Å². The molecule has 2 aromatic carbocycles. The molecular weight excluding hydrogens is 340 g/mol. The summed E-state index contributed by atoms with van der Waals surface area (Å²) in [5.74, 6) is 0.951. The molecule has 0 saturated carbocycles. The average molecular weight is 368 g/mol. The van der Waals surface area contributed by atoms with Gasteiger partial charge in [-0.25, -0.2) is 0 Å². The second-order valence-electron chi connectivity index (χ2n) is 6.83. The highest BCUT2D eigenvalue weighted by Gasteiger charge is 2.14. The Kier molecular flexibility index (Phi) is 7.41. The summed E-state index contributed by atoms with van der Waals surface area (Å²) in [6, 6.07) is 15.4. The maximum absolute atomic E-state index is 12.4. The largest absolute Gasteiger partial charge is 0.497 e. The number of carbonyl (C=O) groups excluding carboxylic acids is 2. The Hall–Kier alpha value is -2.82. The summed E-state index contributed by atoms with van der Waals surface area (Å²) in [5, 5.41) is 2.97. The third kappa shape index (κ3) is 6.13. The molecule has 0 bridgehead atoms. The Bertz CT molecular complexity index is 769. The standard InChI is InChI=1S/C22H28N2O3/c1-16(2)20-7-5-6-8-21(20)23-22(26)13-14-24(17(3)25)15-18-9-11-19(27-4)12-10-18/h5-12,16H,13-15H2,1-4H3,(H,23,26). The fourth-order valence-corrected chi connectivity index (χ4v) is 2.86. The maximum atomic E-state index is 12.4. The highest BCUT2D eigenvalue weighted by atomic mass is 16.5. The van der Waals surface area contributed by atoms with E-state index in [2.05, 4.69) is 19.2 Å². The molecule has 5 nitrogen and oxygen atoms in total. The Morgan fingerprint density at radius 2 is 1.74 bits per heavy atom. The van der Waals surface area contributed by atoms with E-state index in [1.54, 1.807) is 12.0 Å². The number of nitrogens with zero attached hydrogens (tertiary/aromatic N) is 1. The first kappa shape index (κ1) is 20.5. The number of hydrogen-bond donors (Lipinski definition) is 1. The van der Waals surface area contributed by atoms with E-state index in [-0.39, 0.29) is 18.2 Å². The van der Waals surface area contributed by atoms with E-state index >= 15 is 0 Å². The van der Waals surface area contributed by atoms with Gasteiger partial charge in [0.05, 0.1) is 7.11 Å². The van der Waals surface area contributed by atoms with Gasteiger partial charge in [-0.15, -0.1) is 0 Å². The number of para-hydroxylation sites is 1. The fraction of sp³-hybridized carbons (Fsp3) is 0.364. The fourth-order valence-electron chi connectivity index (χ4n) is 2.86. The molecule has 144 valence electrons. The number of carbonyl (C=O) groups is 2. The van der Waals surface area contributed by atoms with Gasteiger partial charge in [-0.1, -0.05) is 44.2 Å². The molecule has 27 heavy (non-hydrogen) atoms. The van der Waals surface area contributed by atoms with E-state index in [1.165, 1.54) is 6.92 Å². The molecule has 0 heterocycles. The monoisotopic (exact) mass is 368 g/mol.